The molecule has 1 rings (SSSR count). The predicted molar refractivity (Wildman–Crippen MR) is 39.0 cm³/mol. The van der Waals surface area contributed by atoms with Crippen LogP contribution in [0.15, 0.2) is 24.1 Å². The summed E-state index contributed by atoms with van der Waals surface area (Å²) in [6.07, 6.45) is 5.32. The highest BCUT2D eigenvalue weighted by Gasteiger charge is 2.01. The maximum atomic E-state index is 4.82. The summed E-state index contributed by atoms with van der Waals surface area (Å²) in [6.45, 7) is 0. The summed E-state index contributed by atoms with van der Waals surface area (Å²) in [4.78, 5) is 0.564. The van der Waals surface area contributed by atoms with Crippen LogP contribution in [0, 0.1) is 0 Å². The second-order valence-corrected chi connectivity index (χ2v) is 1.94. The van der Waals surface area contributed by atoms with E-state index in [1.807, 2.05) is 6.08 Å². The van der Waals surface area contributed by atoms with Crippen molar-refractivity contribution in [1.82, 2.24) is 5.32 Å². The van der Waals surface area contributed by atoms with Gasteiger partial charge in [-0.3, -0.25) is 0 Å². The zero-order valence-electron chi connectivity index (χ0n) is 5.00. The van der Waals surface area contributed by atoms with Gasteiger partial charge in [-0.1, -0.05) is 18.3 Å². The van der Waals surface area contributed by atoms with Crippen LogP contribution in [0.4, 0.5) is 0 Å². The molecule has 0 saturated heterocycles. The summed E-state index contributed by atoms with van der Waals surface area (Å²) in [5.41, 5.74) is 0. The van der Waals surface area contributed by atoms with E-state index in [1.165, 1.54) is 0 Å². The molecule has 0 fully saturated rings. The topological polar surface area (TPSA) is 23.3 Å². The van der Waals surface area contributed by atoms with E-state index < -0.39 is 0 Å². The van der Waals surface area contributed by atoms with Crippen LogP contribution < -0.4 is 5.32 Å². The Morgan fingerprint density at radius 2 is 2.44 bits per heavy atom. The lowest BCUT2D eigenvalue weighted by atomic mass is 10.4. The minimum absolute atomic E-state index is 0.564. The second kappa shape index (κ2) is 2.64. The Balaban J connectivity index is 2.65. The van der Waals surface area contributed by atoms with Crippen molar-refractivity contribution in [2.24, 2.45) is 0 Å². The van der Waals surface area contributed by atoms with Gasteiger partial charge in [0.05, 0.1) is 7.11 Å². The third-order valence-electron chi connectivity index (χ3n) is 0.907. The van der Waals surface area contributed by atoms with Crippen LogP contribution in [-0.2, 0) is 4.74 Å². The largest absolute Gasteiger partial charge is 0.481 e. The van der Waals surface area contributed by atoms with Crippen molar-refractivity contribution in [3.63, 3.8) is 0 Å². The van der Waals surface area contributed by atoms with Gasteiger partial charge in [-0.2, -0.15) is 0 Å². The van der Waals surface area contributed by atoms with E-state index in [0.29, 0.717) is 10.9 Å². The van der Waals surface area contributed by atoms with Crippen LogP contribution >= 0.6 is 12.2 Å². The fourth-order valence-corrected chi connectivity index (χ4v) is 0.678. The van der Waals surface area contributed by atoms with Gasteiger partial charge in [0.15, 0.2) is 0 Å². The van der Waals surface area contributed by atoms with Crippen molar-refractivity contribution in [2.45, 2.75) is 0 Å². The average molecular weight is 140 g/mol. The molecule has 1 radical (unpaired) electrons. The van der Waals surface area contributed by atoms with Gasteiger partial charge in [0.1, 0.15) is 4.99 Å². The molecule has 9 heavy (non-hydrogen) atoms. The Morgan fingerprint density at radius 1 is 1.67 bits per heavy atom. The first-order valence-electron chi connectivity index (χ1n) is 2.51. The first-order chi connectivity index (χ1) is 4.33. The molecule has 0 spiro atoms. The van der Waals surface area contributed by atoms with Crippen LogP contribution in [0.25, 0.3) is 0 Å². The molecular formula is C6H6NOS. The minimum Gasteiger partial charge on any atom is -0.481 e. The van der Waals surface area contributed by atoms with Crippen molar-refractivity contribution >= 4 is 17.2 Å². The molecule has 1 heterocycles. The van der Waals surface area contributed by atoms with Crippen molar-refractivity contribution in [1.29, 1.82) is 0 Å². The first-order valence-corrected chi connectivity index (χ1v) is 2.92. The highest BCUT2D eigenvalue weighted by Crippen LogP contribution is 1.99. The number of nitrogens with zero attached hydrogens (tertiary/aromatic N) is 1. The number of hydrogen-bond donors (Lipinski definition) is 0. The molecule has 1 aliphatic rings. The Labute approximate surface area is 59.2 Å². The van der Waals surface area contributed by atoms with Gasteiger partial charge in [-0.05, 0) is 6.08 Å². The molecule has 1 aliphatic heterocycles. The van der Waals surface area contributed by atoms with Gasteiger partial charge >= 0.3 is 0 Å². The number of allylic oxidation sites excluding steroid dienone is 2. The Morgan fingerprint density at radius 3 is 2.89 bits per heavy atom. The molecule has 0 atom stereocenters. The normalized spacial score (nSPS) is 16.6. The van der Waals surface area contributed by atoms with Crippen LogP contribution in [0.1, 0.15) is 0 Å². The van der Waals surface area contributed by atoms with E-state index in [9.17, 15) is 0 Å². The second-order valence-electron chi connectivity index (χ2n) is 1.52. The molecular weight excluding hydrogens is 134 g/mol. The van der Waals surface area contributed by atoms with Crippen molar-refractivity contribution in [3.05, 3.63) is 24.1 Å². The van der Waals surface area contributed by atoms with Gasteiger partial charge < -0.3 is 4.74 Å². The zero-order valence-corrected chi connectivity index (χ0v) is 5.81. The monoisotopic (exact) mass is 140 g/mol. The highest BCUT2D eigenvalue weighted by atomic mass is 32.1. The molecule has 0 aromatic heterocycles. The third-order valence-corrected chi connectivity index (χ3v) is 1.13. The quantitative estimate of drug-likeness (QED) is 0.507. The molecule has 0 aromatic carbocycles. The highest BCUT2D eigenvalue weighted by molar-refractivity contribution is 7.80. The lowest BCUT2D eigenvalue weighted by Crippen LogP contribution is -2.13. The van der Waals surface area contributed by atoms with Gasteiger partial charge in [0.25, 0.3) is 0 Å². The van der Waals surface area contributed by atoms with Crippen LogP contribution in [0.2, 0.25) is 0 Å². The Hall–Kier alpha value is -0.830. The number of methoxy groups -OCH3 is 1. The van der Waals surface area contributed by atoms with Crippen molar-refractivity contribution < 1.29 is 4.74 Å². The maximum absolute atomic E-state index is 4.82. The standard InChI is InChI=1S/C6H6NOS/c1-8-5-3-2-4-6(9)7-5/h2-4H,1H3. The van der Waals surface area contributed by atoms with E-state index >= 15 is 0 Å². The maximum Gasteiger partial charge on any atom is 0.214 e. The Bertz CT molecular complexity index is 183. The molecule has 0 saturated carbocycles. The summed E-state index contributed by atoms with van der Waals surface area (Å²) in [5.74, 6) is 0.572. The molecule has 3 heteroatoms. The zero-order chi connectivity index (χ0) is 6.69. The lowest BCUT2D eigenvalue weighted by molar-refractivity contribution is 0.274. The van der Waals surface area contributed by atoms with E-state index in [2.05, 4.69) is 5.32 Å². The fraction of sp³-hybridized carbons (Fsp3) is 0.167. The predicted octanol–water partition coefficient (Wildman–Crippen LogP) is 0.976. The number of thiocarbonyl (C=S) groups is 1. The summed E-state index contributed by atoms with van der Waals surface area (Å²) in [5, 5.41) is 3.88. The Kier molecular flexibility index (Phi) is 1.85. The van der Waals surface area contributed by atoms with Gasteiger partial charge in [0, 0.05) is 6.08 Å². The van der Waals surface area contributed by atoms with Gasteiger partial charge in [-0.15, -0.1) is 0 Å². The molecule has 0 N–H and O–H groups in total. The fourth-order valence-electron chi connectivity index (χ4n) is 0.510. The SMILES string of the molecule is COC1=CC=CC(=S)[N]1. The molecule has 2 nitrogen and oxygen atoms in total. The molecule has 0 aliphatic carbocycles. The minimum atomic E-state index is 0.564. The first kappa shape index (κ1) is 6.29. The number of hydrogen-bond acceptors (Lipinski definition) is 2. The summed E-state index contributed by atoms with van der Waals surface area (Å²) in [6, 6.07) is 0. The third kappa shape index (κ3) is 1.54. The summed E-state index contributed by atoms with van der Waals surface area (Å²) < 4.78 is 4.82. The van der Waals surface area contributed by atoms with Crippen LogP contribution in [0.5, 0.6) is 0 Å². The van der Waals surface area contributed by atoms with Crippen LogP contribution in [0.3, 0.4) is 0 Å². The molecule has 0 amide bonds. The molecule has 47 valence electrons. The van der Waals surface area contributed by atoms with Crippen molar-refractivity contribution in [2.75, 3.05) is 7.11 Å². The summed E-state index contributed by atoms with van der Waals surface area (Å²) in [7, 11) is 1.57. The molecule has 0 aromatic rings. The van der Waals surface area contributed by atoms with Crippen LogP contribution in [-0.4, -0.2) is 12.1 Å². The van der Waals surface area contributed by atoms with E-state index in [1.54, 1.807) is 19.3 Å². The van der Waals surface area contributed by atoms with Gasteiger partial charge in [0.2, 0.25) is 5.88 Å². The average Bonchev–Trinajstić information content (AvgIpc) is 1.88. The lowest BCUT2D eigenvalue weighted by Gasteiger charge is -2.06. The molecule has 0 unspecified atom stereocenters. The summed E-state index contributed by atoms with van der Waals surface area (Å²) >= 11 is 4.77. The smallest absolute Gasteiger partial charge is 0.214 e. The number of rotatable bonds is 1. The van der Waals surface area contributed by atoms with E-state index in [0.717, 1.165) is 0 Å². The van der Waals surface area contributed by atoms with E-state index in [-0.39, 0.29) is 0 Å². The molecule has 0 bridgehead atoms. The van der Waals surface area contributed by atoms with Gasteiger partial charge in [-0.25, -0.2) is 5.32 Å². The van der Waals surface area contributed by atoms with Crippen molar-refractivity contribution in [3.8, 4) is 0 Å². The van der Waals surface area contributed by atoms with E-state index in [4.69, 9.17) is 17.0 Å². The number of ether oxygens (including phenoxy) is 1.